The van der Waals surface area contributed by atoms with Gasteiger partial charge < -0.3 is 15.0 Å². The van der Waals surface area contributed by atoms with Gasteiger partial charge in [-0.2, -0.15) is 0 Å². The third-order valence-corrected chi connectivity index (χ3v) is 4.24. The monoisotopic (exact) mass is 244 g/mol. The van der Waals surface area contributed by atoms with E-state index < -0.39 is 0 Å². The summed E-state index contributed by atoms with van der Waals surface area (Å²) in [6.07, 6.45) is 3.46. The Morgan fingerprint density at radius 2 is 2.28 bits per heavy atom. The molecule has 2 N–H and O–H groups in total. The van der Waals surface area contributed by atoms with E-state index >= 15 is 0 Å². The number of benzene rings is 1. The van der Waals surface area contributed by atoms with Crippen molar-refractivity contribution in [3.05, 3.63) is 36.0 Å². The van der Waals surface area contributed by atoms with Crippen LogP contribution in [-0.2, 0) is 11.3 Å². The summed E-state index contributed by atoms with van der Waals surface area (Å²) >= 11 is 0. The second-order valence-electron chi connectivity index (χ2n) is 5.39. The summed E-state index contributed by atoms with van der Waals surface area (Å²) in [5.41, 5.74) is 2.62. The van der Waals surface area contributed by atoms with Crippen LogP contribution in [0.25, 0.3) is 10.9 Å². The fourth-order valence-electron chi connectivity index (χ4n) is 2.64. The maximum atomic E-state index is 5.66. The molecule has 0 radical (unpaired) electrons. The van der Waals surface area contributed by atoms with Gasteiger partial charge in [-0.1, -0.05) is 18.2 Å². The Labute approximate surface area is 108 Å². The predicted molar refractivity (Wildman–Crippen MR) is 73.6 cm³/mol. The van der Waals surface area contributed by atoms with Crippen molar-refractivity contribution in [2.45, 2.75) is 38.5 Å². The lowest BCUT2D eigenvalue weighted by Crippen LogP contribution is -2.47. The number of ether oxygens (including phenoxy) is 1. The Kier molecular flexibility index (Phi) is 2.88. The van der Waals surface area contributed by atoms with Gasteiger partial charge >= 0.3 is 0 Å². The highest BCUT2D eigenvalue weighted by Crippen LogP contribution is 2.26. The standard InChI is InChI=1S/C15H20N2O/c1-11-15(2,7-8-18-11)17-10-12-9-16-14-6-4-3-5-13(12)14/h3-6,9,11,16-17H,7-8,10H2,1-2H3. The molecule has 0 saturated carbocycles. The van der Waals surface area contributed by atoms with Gasteiger partial charge in [-0.25, -0.2) is 0 Å². The van der Waals surface area contributed by atoms with Gasteiger partial charge in [-0.3, -0.25) is 0 Å². The minimum Gasteiger partial charge on any atom is -0.377 e. The molecule has 3 heteroatoms. The molecule has 1 saturated heterocycles. The first-order valence-corrected chi connectivity index (χ1v) is 6.61. The van der Waals surface area contributed by atoms with Crippen LogP contribution in [0.2, 0.25) is 0 Å². The van der Waals surface area contributed by atoms with E-state index in [1.807, 2.05) is 0 Å². The largest absolute Gasteiger partial charge is 0.377 e. The first-order chi connectivity index (χ1) is 8.69. The van der Waals surface area contributed by atoms with Crippen LogP contribution in [0.3, 0.4) is 0 Å². The van der Waals surface area contributed by atoms with Crippen LogP contribution in [0.5, 0.6) is 0 Å². The summed E-state index contributed by atoms with van der Waals surface area (Å²) in [5.74, 6) is 0. The Morgan fingerprint density at radius 1 is 1.44 bits per heavy atom. The maximum Gasteiger partial charge on any atom is 0.0726 e. The highest BCUT2D eigenvalue weighted by Gasteiger charge is 2.36. The normalized spacial score (nSPS) is 28.0. The van der Waals surface area contributed by atoms with Gasteiger partial charge in [-0.15, -0.1) is 0 Å². The van der Waals surface area contributed by atoms with Gasteiger partial charge in [0.25, 0.3) is 0 Å². The molecule has 18 heavy (non-hydrogen) atoms. The first-order valence-electron chi connectivity index (χ1n) is 6.61. The second kappa shape index (κ2) is 4.41. The summed E-state index contributed by atoms with van der Waals surface area (Å²) in [6.45, 7) is 6.14. The fourth-order valence-corrected chi connectivity index (χ4v) is 2.64. The fraction of sp³-hybridized carbons (Fsp3) is 0.467. The van der Waals surface area contributed by atoms with Gasteiger partial charge in [0.2, 0.25) is 0 Å². The summed E-state index contributed by atoms with van der Waals surface area (Å²) in [7, 11) is 0. The second-order valence-corrected chi connectivity index (χ2v) is 5.39. The Bertz CT molecular complexity index is 548. The number of H-pyrrole nitrogens is 1. The Morgan fingerprint density at radius 3 is 3.06 bits per heavy atom. The topological polar surface area (TPSA) is 37.0 Å². The zero-order valence-electron chi connectivity index (χ0n) is 11.0. The lowest BCUT2D eigenvalue weighted by Gasteiger charge is -2.29. The van der Waals surface area contributed by atoms with Crippen molar-refractivity contribution in [1.29, 1.82) is 0 Å². The SMILES string of the molecule is CC1OCCC1(C)NCc1c[nH]c2ccccc12. The molecule has 3 nitrogen and oxygen atoms in total. The number of nitrogens with one attached hydrogen (secondary N) is 2. The van der Waals surface area contributed by atoms with Gasteiger partial charge in [0.15, 0.2) is 0 Å². The van der Waals surface area contributed by atoms with E-state index in [0.717, 1.165) is 19.6 Å². The van der Waals surface area contributed by atoms with E-state index in [1.165, 1.54) is 16.5 Å². The van der Waals surface area contributed by atoms with Gasteiger partial charge in [0.1, 0.15) is 0 Å². The van der Waals surface area contributed by atoms with Crippen molar-refractivity contribution in [3.63, 3.8) is 0 Å². The van der Waals surface area contributed by atoms with E-state index in [1.54, 1.807) is 0 Å². The summed E-state index contributed by atoms with van der Waals surface area (Å²) in [6, 6.07) is 8.43. The minimum atomic E-state index is 0.0956. The van der Waals surface area contributed by atoms with E-state index in [9.17, 15) is 0 Å². The zero-order chi connectivity index (χ0) is 12.6. The molecule has 2 atom stereocenters. The van der Waals surface area contributed by atoms with Gasteiger partial charge in [-0.05, 0) is 31.9 Å². The number of aromatic nitrogens is 1. The number of fused-ring (bicyclic) bond motifs is 1. The number of hydrogen-bond acceptors (Lipinski definition) is 2. The van der Waals surface area contributed by atoms with Crippen molar-refractivity contribution in [1.82, 2.24) is 10.3 Å². The smallest absolute Gasteiger partial charge is 0.0726 e. The van der Waals surface area contributed by atoms with Crippen LogP contribution in [-0.4, -0.2) is 23.2 Å². The van der Waals surface area contributed by atoms with Crippen LogP contribution in [0.15, 0.2) is 30.5 Å². The van der Waals surface area contributed by atoms with Crippen LogP contribution in [0, 0.1) is 0 Å². The molecular weight excluding hydrogens is 224 g/mol. The van der Waals surface area contributed by atoms with Crippen molar-refractivity contribution in [3.8, 4) is 0 Å². The van der Waals surface area contributed by atoms with E-state index in [4.69, 9.17) is 4.74 Å². The lowest BCUT2D eigenvalue weighted by atomic mass is 9.94. The molecule has 0 spiro atoms. The molecule has 1 aliphatic rings. The van der Waals surface area contributed by atoms with Crippen molar-refractivity contribution in [2.24, 2.45) is 0 Å². The molecule has 1 aromatic carbocycles. The summed E-state index contributed by atoms with van der Waals surface area (Å²) in [4.78, 5) is 3.32. The average Bonchev–Trinajstić information content (AvgIpc) is 2.93. The van der Waals surface area contributed by atoms with Gasteiger partial charge in [0, 0.05) is 35.8 Å². The van der Waals surface area contributed by atoms with Crippen LogP contribution < -0.4 is 5.32 Å². The molecule has 2 unspecified atom stereocenters. The lowest BCUT2D eigenvalue weighted by molar-refractivity contribution is 0.0882. The van der Waals surface area contributed by atoms with E-state index in [-0.39, 0.29) is 11.6 Å². The van der Waals surface area contributed by atoms with Crippen LogP contribution >= 0.6 is 0 Å². The number of aromatic amines is 1. The van der Waals surface area contributed by atoms with Crippen LogP contribution in [0.1, 0.15) is 25.8 Å². The molecule has 2 heterocycles. The summed E-state index contributed by atoms with van der Waals surface area (Å²) < 4.78 is 5.66. The van der Waals surface area contributed by atoms with Crippen molar-refractivity contribution in [2.75, 3.05) is 6.61 Å². The quantitative estimate of drug-likeness (QED) is 0.871. The third-order valence-electron chi connectivity index (χ3n) is 4.24. The molecular formula is C15H20N2O. The predicted octanol–water partition coefficient (Wildman–Crippen LogP) is 2.83. The highest BCUT2D eigenvalue weighted by atomic mass is 16.5. The van der Waals surface area contributed by atoms with E-state index in [0.29, 0.717) is 0 Å². The number of rotatable bonds is 3. The molecule has 96 valence electrons. The molecule has 0 bridgehead atoms. The molecule has 1 aliphatic heterocycles. The number of para-hydroxylation sites is 1. The molecule has 3 rings (SSSR count). The Hall–Kier alpha value is -1.32. The highest BCUT2D eigenvalue weighted by molar-refractivity contribution is 5.82. The number of hydrogen-bond donors (Lipinski definition) is 2. The maximum absolute atomic E-state index is 5.66. The molecule has 1 fully saturated rings. The first kappa shape index (κ1) is 11.8. The Balaban J connectivity index is 1.77. The zero-order valence-corrected chi connectivity index (χ0v) is 11.0. The van der Waals surface area contributed by atoms with Crippen molar-refractivity contribution < 1.29 is 4.74 Å². The molecule has 0 aliphatic carbocycles. The molecule has 1 aromatic heterocycles. The van der Waals surface area contributed by atoms with Gasteiger partial charge in [0.05, 0.1) is 6.10 Å². The van der Waals surface area contributed by atoms with Crippen molar-refractivity contribution >= 4 is 10.9 Å². The molecule has 2 aromatic rings. The van der Waals surface area contributed by atoms with Crippen LogP contribution in [0.4, 0.5) is 0 Å². The third kappa shape index (κ3) is 1.93. The minimum absolute atomic E-state index is 0.0956. The van der Waals surface area contributed by atoms with E-state index in [2.05, 4.69) is 54.6 Å². The average molecular weight is 244 g/mol. The summed E-state index contributed by atoms with van der Waals surface area (Å²) in [5, 5.41) is 4.96. The molecule has 0 amide bonds.